The molecule has 0 atom stereocenters. The number of rotatable bonds is 4. The van der Waals surface area contributed by atoms with Gasteiger partial charge in [-0.1, -0.05) is 26.8 Å². The lowest BCUT2D eigenvalue weighted by atomic mass is 9.92. The highest BCUT2D eigenvalue weighted by atomic mass is 16.6. The van der Waals surface area contributed by atoms with Gasteiger partial charge < -0.3 is 9.47 Å². The van der Waals surface area contributed by atoms with E-state index in [0.717, 1.165) is 5.69 Å². The Morgan fingerprint density at radius 2 is 2.06 bits per heavy atom. The van der Waals surface area contributed by atoms with Crippen LogP contribution in [0.15, 0.2) is 18.2 Å². The molecule has 5 heteroatoms. The van der Waals surface area contributed by atoms with Gasteiger partial charge in [-0.05, 0) is 12.1 Å². The Kier molecular flexibility index (Phi) is 5.09. The van der Waals surface area contributed by atoms with E-state index in [1.807, 2.05) is 12.1 Å². The molecular weight excluding hydrogens is 232 g/mol. The summed E-state index contributed by atoms with van der Waals surface area (Å²) < 4.78 is 9.68. The number of hydrogen-bond donors (Lipinski definition) is 1. The van der Waals surface area contributed by atoms with Crippen LogP contribution in [0, 0.1) is 0 Å². The zero-order chi connectivity index (χ0) is 13.6. The molecule has 18 heavy (non-hydrogen) atoms. The molecule has 1 rings (SSSR count). The van der Waals surface area contributed by atoms with E-state index in [0.29, 0.717) is 12.4 Å². The summed E-state index contributed by atoms with van der Waals surface area (Å²) in [5, 5.41) is 2.59. The summed E-state index contributed by atoms with van der Waals surface area (Å²) in [7, 11) is 1.55. The summed E-state index contributed by atoms with van der Waals surface area (Å²) in [4.78, 5) is 15.8. The monoisotopic (exact) mass is 252 g/mol. The lowest BCUT2D eigenvalue weighted by molar-refractivity contribution is 0.107. The van der Waals surface area contributed by atoms with E-state index in [2.05, 4.69) is 31.1 Å². The maximum Gasteiger partial charge on any atom is 0.412 e. The summed E-state index contributed by atoms with van der Waals surface area (Å²) in [6, 6.07) is 5.52. The Morgan fingerprint density at radius 1 is 1.33 bits per heavy atom. The molecular formula is C13H20N2O3. The number of carbonyl (C=O) groups is 1. The molecule has 1 heterocycles. The topological polar surface area (TPSA) is 60.5 Å². The molecule has 1 N–H and O–H groups in total. The molecule has 0 saturated heterocycles. The van der Waals surface area contributed by atoms with Crippen molar-refractivity contribution < 1.29 is 14.3 Å². The lowest BCUT2D eigenvalue weighted by Crippen LogP contribution is -2.19. The van der Waals surface area contributed by atoms with Crippen LogP contribution in [0.3, 0.4) is 0 Å². The smallest absolute Gasteiger partial charge is 0.412 e. The minimum Gasteiger partial charge on any atom is -0.447 e. The molecule has 0 fully saturated rings. The average molecular weight is 252 g/mol. The number of hydrogen-bond acceptors (Lipinski definition) is 4. The fourth-order valence-corrected chi connectivity index (χ4v) is 1.28. The van der Waals surface area contributed by atoms with Crippen LogP contribution in [0.4, 0.5) is 10.6 Å². The third-order valence-electron chi connectivity index (χ3n) is 2.27. The van der Waals surface area contributed by atoms with E-state index in [1.54, 1.807) is 13.2 Å². The van der Waals surface area contributed by atoms with E-state index in [1.165, 1.54) is 0 Å². The Labute approximate surface area is 108 Å². The average Bonchev–Trinajstić information content (AvgIpc) is 2.28. The van der Waals surface area contributed by atoms with Gasteiger partial charge in [-0.15, -0.1) is 0 Å². The van der Waals surface area contributed by atoms with Crippen molar-refractivity contribution in [3.63, 3.8) is 0 Å². The van der Waals surface area contributed by atoms with Crippen LogP contribution in [0.25, 0.3) is 0 Å². The van der Waals surface area contributed by atoms with Crippen LogP contribution < -0.4 is 5.32 Å². The van der Waals surface area contributed by atoms with Gasteiger partial charge in [0, 0.05) is 18.2 Å². The van der Waals surface area contributed by atoms with Crippen LogP contribution >= 0.6 is 0 Å². The van der Waals surface area contributed by atoms with Gasteiger partial charge in [0.05, 0.1) is 6.61 Å². The van der Waals surface area contributed by atoms with Crippen molar-refractivity contribution in [1.82, 2.24) is 4.98 Å². The molecule has 0 aliphatic heterocycles. The summed E-state index contributed by atoms with van der Waals surface area (Å²) >= 11 is 0. The second kappa shape index (κ2) is 6.35. The van der Waals surface area contributed by atoms with Gasteiger partial charge in [-0.3, -0.25) is 5.32 Å². The SMILES string of the molecule is COCCOC(=O)Nc1cccc(C(C)(C)C)n1. The van der Waals surface area contributed by atoms with E-state index in [-0.39, 0.29) is 12.0 Å². The van der Waals surface area contributed by atoms with Crippen LogP contribution in [0.1, 0.15) is 26.5 Å². The van der Waals surface area contributed by atoms with E-state index >= 15 is 0 Å². The maximum atomic E-state index is 11.4. The van der Waals surface area contributed by atoms with Crippen LogP contribution in [-0.4, -0.2) is 31.4 Å². The first kappa shape index (κ1) is 14.4. The molecule has 1 aromatic heterocycles. The van der Waals surface area contributed by atoms with Gasteiger partial charge in [0.15, 0.2) is 0 Å². The second-order valence-corrected chi connectivity index (χ2v) is 4.91. The lowest BCUT2D eigenvalue weighted by Gasteiger charge is -2.18. The van der Waals surface area contributed by atoms with Gasteiger partial charge in [0.1, 0.15) is 12.4 Å². The fraction of sp³-hybridized carbons (Fsp3) is 0.538. The van der Waals surface area contributed by atoms with Crippen molar-refractivity contribution in [2.24, 2.45) is 0 Å². The molecule has 1 aromatic rings. The Bertz CT molecular complexity index is 399. The van der Waals surface area contributed by atoms with Gasteiger partial charge in [-0.25, -0.2) is 9.78 Å². The molecule has 0 radical (unpaired) electrons. The van der Waals surface area contributed by atoms with Gasteiger partial charge >= 0.3 is 6.09 Å². The number of anilines is 1. The molecule has 100 valence electrons. The number of nitrogens with one attached hydrogen (secondary N) is 1. The highest BCUT2D eigenvalue weighted by Gasteiger charge is 2.16. The third kappa shape index (κ3) is 4.71. The normalized spacial score (nSPS) is 11.1. The molecule has 5 nitrogen and oxygen atoms in total. The van der Waals surface area contributed by atoms with Crippen molar-refractivity contribution >= 4 is 11.9 Å². The third-order valence-corrected chi connectivity index (χ3v) is 2.27. The number of nitrogens with zero attached hydrogens (tertiary/aromatic N) is 1. The Morgan fingerprint density at radius 3 is 2.67 bits per heavy atom. The predicted octanol–water partition coefficient (Wildman–Crippen LogP) is 2.57. The van der Waals surface area contributed by atoms with E-state index in [9.17, 15) is 4.79 Å². The summed E-state index contributed by atoms with van der Waals surface area (Å²) in [5.41, 5.74) is 0.856. The second-order valence-electron chi connectivity index (χ2n) is 4.91. The standard InChI is InChI=1S/C13H20N2O3/c1-13(2,3)10-6-5-7-11(14-10)15-12(16)18-9-8-17-4/h5-7H,8-9H2,1-4H3,(H,14,15,16). The first-order valence-corrected chi connectivity index (χ1v) is 5.84. The van der Waals surface area contributed by atoms with Gasteiger partial charge in [0.2, 0.25) is 0 Å². The number of carbonyl (C=O) groups excluding carboxylic acids is 1. The number of methoxy groups -OCH3 is 1. The van der Waals surface area contributed by atoms with Crippen molar-refractivity contribution in [3.8, 4) is 0 Å². The Balaban J connectivity index is 2.60. The number of ether oxygens (including phenoxy) is 2. The Hall–Kier alpha value is -1.62. The summed E-state index contributed by atoms with van der Waals surface area (Å²) in [6.45, 7) is 6.80. The molecule has 0 aliphatic carbocycles. The maximum absolute atomic E-state index is 11.4. The van der Waals surface area contributed by atoms with Crippen molar-refractivity contribution in [3.05, 3.63) is 23.9 Å². The van der Waals surface area contributed by atoms with Crippen molar-refractivity contribution in [2.75, 3.05) is 25.6 Å². The largest absolute Gasteiger partial charge is 0.447 e. The molecule has 1 amide bonds. The van der Waals surface area contributed by atoms with Crippen molar-refractivity contribution in [1.29, 1.82) is 0 Å². The van der Waals surface area contributed by atoms with E-state index in [4.69, 9.17) is 9.47 Å². The zero-order valence-electron chi connectivity index (χ0n) is 11.3. The molecule has 0 aromatic carbocycles. The van der Waals surface area contributed by atoms with Gasteiger partial charge in [-0.2, -0.15) is 0 Å². The number of amides is 1. The first-order valence-electron chi connectivity index (χ1n) is 5.84. The minimum absolute atomic E-state index is 0.0579. The molecule has 0 bridgehead atoms. The highest BCUT2D eigenvalue weighted by molar-refractivity contribution is 5.83. The number of aromatic nitrogens is 1. The quantitative estimate of drug-likeness (QED) is 0.837. The molecule has 0 aliphatic rings. The molecule has 0 saturated carbocycles. The summed E-state index contributed by atoms with van der Waals surface area (Å²) in [6.07, 6.45) is -0.523. The molecule has 0 spiro atoms. The van der Waals surface area contributed by atoms with Crippen molar-refractivity contribution in [2.45, 2.75) is 26.2 Å². The van der Waals surface area contributed by atoms with Crippen LogP contribution in [0.5, 0.6) is 0 Å². The molecule has 0 unspecified atom stereocenters. The predicted molar refractivity (Wildman–Crippen MR) is 69.8 cm³/mol. The zero-order valence-corrected chi connectivity index (χ0v) is 11.3. The minimum atomic E-state index is -0.523. The highest BCUT2D eigenvalue weighted by Crippen LogP contribution is 2.21. The fourth-order valence-electron chi connectivity index (χ4n) is 1.28. The van der Waals surface area contributed by atoms with E-state index < -0.39 is 6.09 Å². The van der Waals surface area contributed by atoms with Gasteiger partial charge in [0.25, 0.3) is 0 Å². The van der Waals surface area contributed by atoms with Crippen LogP contribution in [0.2, 0.25) is 0 Å². The first-order chi connectivity index (χ1) is 8.43. The van der Waals surface area contributed by atoms with Crippen LogP contribution in [-0.2, 0) is 14.9 Å². The number of pyridine rings is 1. The summed E-state index contributed by atoms with van der Waals surface area (Å²) in [5.74, 6) is 0.491.